The van der Waals surface area contributed by atoms with Crippen LogP contribution in [-0.2, 0) is 0 Å². The molecule has 0 radical (unpaired) electrons. The molecule has 0 bridgehead atoms. The number of hydrogen-bond donors (Lipinski definition) is 2. The fourth-order valence-corrected chi connectivity index (χ4v) is 3.59. The molecule has 1 heterocycles. The molecule has 1 aliphatic rings. The van der Waals surface area contributed by atoms with E-state index >= 15 is 0 Å². The molecule has 7 heteroatoms. The third-order valence-corrected chi connectivity index (χ3v) is 4.82. The van der Waals surface area contributed by atoms with Gasteiger partial charge in [0.1, 0.15) is 17.4 Å². The smallest absolute Gasteiger partial charge is 0.387 e. The lowest BCUT2D eigenvalue weighted by molar-refractivity contribution is -0.0498. The SMILES string of the molecule is CC.NC1CC(c2c(-c3ccc(OC(F)F)cc3)[nH]c3c(F)cc(F)cc23)C1. The van der Waals surface area contributed by atoms with Crippen LogP contribution in [0.3, 0.4) is 0 Å². The minimum atomic E-state index is -2.90. The summed E-state index contributed by atoms with van der Waals surface area (Å²) in [7, 11) is 0. The number of aromatic amines is 1. The quantitative estimate of drug-likeness (QED) is 0.538. The standard InChI is InChI=1S/C19H16F4N2O.C2H6/c20-11-7-14-16(10-5-12(24)6-10)17(25-18(14)15(21)8-11)9-1-3-13(4-2-9)26-19(22)23;1-2/h1-4,7-8,10,12,19,25H,5-6,24H2;1-2H3. The zero-order valence-electron chi connectivity index (χ0n) is 15.6. The first-order valence-electron chi connectivity index (χ1n) is 9.24. The Kier molecular flexibility index (Phi) is 5.93. The number of hydrogen-bond acceptors (Lipinski definition) is 2. The van der Waals surface area contributed by atoms with E-state index in [0.29, 0.717) is 16.6 Å². The molecule has 0 atom stereocenters. The van der Waals surface area contributed by atoms with Crippen molar-refractivity contribution in [2.24, 2.45) is 5.73 Å². The van der Waals surface area contributed by atoms with Crippen molar-refractivity contribution < 1.29 is 22.3 Å². The van der Waals surface area contributed by atoms with Crippen LogP contribution in [0.4, 0.5) is 17.6 Å². The molecule has 3 N–H and O–H groups in total. The lowest BCUT2D eigenvalue weighted by Gasteiger charge is -2.33. The number of alkyl halides is 2. The largest absolute Gasteiger partial charge is 0.435 e. The second kappa shape index (κ2) is 8.22. The van der Waals surface area contributed by atoms with E-state index < -0.39 is 18.2 Å². The van der Waals surface area contributed by atoms with E-state index in [9.17, 15) is 17.6 Å². The topological polar surface area (TPSA) is 51.0 Å². The minimum Gasteiger partial charge on any atom is -0.435 e. The van der Waals surface area contributed by atoms with E-state index in [0.717, 1.165) is 24.5 Å². The Labute approximate surface area is 160 Å². The van der Waals surface area contributed by atoms with E-state index in [4.69, 9.17) is 5.73 Å². The fraction of sp³-hybridized carbons (Fsp3) is 0.333. The van der Waals surface area contributed by atoms with Gasteiger partial charge < -0.3 is 15.5 Å². The molecule has 2 aromatic carbocycles. The lowest BCUT2D eigenvalue weighted by atomic mass is 9.75. The highest BCUT2D eigenvalue weighted by Gasteiger charge is 2.32. The molecular weight excluding hydrogens is 372 g/mol. The Balaban J connectivity index is 0.00000109. The Morgan fingerprint density at radius 3 is 2.29 bits per heavy atom. The maximum absolute atomic E-state index is 14.2. The van der Waals surface area contributed by atoms with Crippen LogP contribution >= 0.6 is 0 Å². The number of H-pyrrole nitrogens is 1. The molecule has 1 aromatic heterocycles. The summed E-state index contributed by atoms with van der Waals surface area (Å²) in [5, 5.41) is 0.488. The van der Waals surface area contributed by atoms with Crippen molar-refractivity contribution in [3.63, 3.8) is 0 Å². The predicted molar refractivity (Wildman–Crippen MR) is 102 cm³/mol. The van der Waals surface area contributed by atoms with E-state index in [-0.39, 0.29) is 23.2 Å². The molecule has 0 amide bonds. The molecule has 0 unspecified atom stereocenters. The molecule has 1 saturated carbocycles. The van der Waals surface area contributed by atoms with Gasteiger partial charge >= 0.3 is 6.61 Å². The van der Waals surface area contributed by atoms with Crippen molar-refractivity contribution >= 4 is 10.9 Å². The first kappa shape index (κ1) is 20.2. The Morgan fingerprint density at radius 1 is 1.07 bits per heavy atom. The third kappa shape index (κ3) is 3.85. The molecule has 3 nitrogen and oxygen atoms in total. The Morgan fingerprint density at radius 2 is 1.71 bits per heavy atom. The molecule has 1 fully saturated rings. The first-order chi connectivity index (χ1) is 13.4. The number of fused-ring (bicyclic) bond motifs is 1. The molecule has 1 aliphatic carbocycles. The van der Waals surface area contributed by atoms with Gasteiger partial charge in [-0.15, -0.1) is 0 Å². The summed E-state index contributed by atoms with van der Waals surface area (Å²) in [6.45, 7) is 1.10. The van der Waals surface area contributed by atoms with E-state index in [1.165, 1.54) is 18.2 Å². The first-order valence-corrected chi connectivity index (χ1v) is 9.24. The summed E-state index contributed by atoms with van der Waals surface area (Å²) in [6, 6.07) is 8.26. The molecular formula is C21H22F4N2O. The Hall–Kier alpha value is -2.54. The zero-order chi connectivity index (χ0) is 20.4. The van der Waals surface area contributed by atoms with Crippen LogP contribution in [0, 0.1) is 11.6 Å². The van der Waals surface area contributed by atoms with Crippen LogP contribution in [0.2, 0.25) is 0 Å². The van der Waals surface area contributed by atoms with Gasteiger partial charge in [0.05, 0.1) is 11.2 Å². The predicted octanol–water partition coefficient (Wildman–Crippen LogP) is 5.95. The average Bonchev–Trinajstić information content (AvgIpc) is 3.00. The van der Waals surface area contributed by atoms with Crippen molar-refractivity contribution in [2.75, 3.05) is 0 Å². The molecule has 4 rings (SSSR count). The van der Waals surface area contributed by atoms with Crippen molar-refractivity contribution in [1.29, 1.82) is 0 Å². The van der Waals surface area contributed by atoms with Crippen LogP contribution < -0.4 is 10.5 Å². The minimum absolute atomic E-state index is 0.0318. The number of benzene rings is 2. The number of nitrogens with two attached hydrogens (primary N) is 1. The van der Waals surface area contributed by atoms with E-state index in [2.05, 4.69) is 9.72 Å². The van der Waals surface area contributed by atoms with E-state index in [1.54, 1.807) is 12.1 Å². The van der Waals surface area contributed by atoms with Gasteiger partial charge in [-0.25, -0.2) is 8.78 Å². The second-order valence-electron chi connectivity index (χ2n) is 6.56. The van der Waals surface area contributed by atoms with Crippen LogP contribution in [0.1, 0.15) is 38.2 Å². The average molecular weight is 394 g/mol. The summed E-state index contributed by atoms with van der Waals surface area (Å²) < 4.78 is 57.0. The van der Waals surface area contributed by atoms with Gasteiger partial charge in [-0.2, -0.15) is 8.78 Å². The highest BCUT2D eigenvalue weighted by molar-refractivity contribution is 5.92. The maximum Gasteiger partial charge on any atom is 0.387 e. The van der Waals surface area contributed by atoms with Gasteiger partial charge in [0.15, 0.2) is 0 Å². The van der Waals surface area contributed by atoms with Gasteiger partial charge in [0, 0.05) is 17.5 Å². The zero-order valence-corrected chi connectivity index (χ0v) is 15.6. The summed E-state index contributed by atoms with van der Waals surface area (Å²) >= 11 is 0. The summed E-state index contributed by atoms with van der Waals surface area (Å²) in [5.74, 6) is -1.20. The van der Waals surface area contributed by atoms with Crippen molar-refractivity contribution in [3.8, 4) is 17.0 Å². The van der Waals surface area contributed by atoms with Gasteiger partial charge in [-0.3, -0.25) is 0 Å². The molecule has 150 valence electrons. The summed E-state index contributed by atoms with van der Waals surface area (Å²) in [6.07, 6.45) is 1.45. The van der Waals surface area contributed by atoms with Crippen LogP contribution in [0.5, 0.6) is 5.75 Å². The summed E-state index contributed by atoms with van der Waals surface area (Å²) in [5.41, 5.74) is 8.24. The van der Waals surface area contributed by atoms with Crippen molar-refractivity contribution in [3.05, 3.63) is 53.6 Å². The normalized spacial score (nSPS) is 18.6. The van der Waals surface area contributed by atoms with Gasteiger partial charge in [-0.05, 0) is 60.2 Å². The number of rotatable bonds is 4. The molecule has 28 heavy (non-hydrogen) atoms. The molecule has 0 aliphatic heterocycles. The van der Waals surface area contributed by atoms with Crippen LogP contribution in [0.15, 0.2) is 36.4 Å². The van der Waals surface area contributed by atoms with Crippen molar-refractivity contribution in [2.45, 2.75) is 45.3 Å². The number of halogens is 4. The fourth-order valence-electron chi connectivity index (χ4n) is 3.59. The highest BCUT2D eigenvalue weighted by Crippen LogP contribution is 2.45. The Bertz CT molecular complexity index is 947. The number of nitrogens with one attached hydrogen (secondary N) is 1. The lowest BCUT2D eigenvalue weighted by Crippen LogP contribution is -2.34. The monoisotopic (exact) mass is 394 g/mol. The van der Waals surface area contributed by atoms with Crippen LogP contribution in [0.25, 0.3) is 22.2 Å². The number of ether oxygens (including phenoxy) is 1. The van der Waals surface area contributed by atoms with E-state index in [1.807, 2.05) is 13.8 Å². The maximum atomic E-state index is 14.2. The molecule has 0 saturated heterocycles. The van der Waals surface area contributed by atoms with Gasteiger partial charge in [-0.1, -0.05) is 13.8 Å². The highest BCUT2D eigenvalue weighted by atomic mass is 19.3. The second-order valence-corrected chi connectivity index (χ2v) is 6.56. The van der Waals surface area contributed by atoms with Gasteiger partial charge in [0.25, 0.3) is 0 Å². The van der Waals surface area contributed by atoms with Gasteiger partial charge in [0.2, 0.25) is 0 Å². The molecule has 0 spiro atoms. The van der Waals surface area contributed by atoms with Crippen LogP contribution in [-0.4, -0.2) is 17.6 Å². The summed E-state index contributed by atoms with van der Waals surface area (Å²) in [4.78, 5) is 3.03. The van der Waals surface area contributed by atoms with Crippen molar-refractivity contribution in [1.82, 2.24) is 4.98 Å². The molecule has 3 aromatic rings. The third-order valence-electron chi connectivity index (χ3n) is 4.82. The number of aromatic nitrogens is 1.